The monoisotopic (exact) mass is 541 g/mol. The number of benzene rings is 2. The van der Waals surface area contributed by atoms with Crippen LogP contribution in [0.3, 0.4) is 0 Å². The maximum absolute atomic E-state index is 13.7. The molecular weight excluding hydrogens is 514 g/mol. The van der Waals surface area contributed by atoms with Crippen molar-refractivity contribution in [3.63, 3.8) is 0 Å². The number of ether oxygens (including phenoxy) is 1. The van der Waals surface area contributed by atoms with Crippen LogP contribution in [0.25, 0.3) is 17.1 Å². The maximum Gasteiger partial charge on any atom is 0.434 e. The summed E-state index contributed by atoms with van der Waals surface area (Å²) in [4.78, 5) is 15.8. The van der Waals surface area contributed by atoms with Gasteiger partial charge in [-0.3, -0.25) is 4.39 Å². The largest absolute Gasteiger partial charge is 0.494 e. The van der Waals surface area contributed by atoms with Gasteiger partial charge in [-0.25, -0.2) is 14.5 Å². The molecule has 0 radical (unpaired) electrons. The van der Waals surface area contributed by atoms with Gasteiger partial charge in [0.05, 0.1) is 25.2 Å². The second-order valence-electron chi connectivity index (χ2n) is 8.99. The number of carbonyl (C=O) groups is 1. The van der Waals surface area contributed by atoms with E-state index in [0.29, 0.717) is 48.9 Å². The first kappa shape index (κ1) is 27.8. The summed E-state index contributed by atoms with van der Waals surface area (Å²) >= 11 is 0. The zero-order valence-corrected chi connectivity index (χ0v) is 21.2. The predicted octanol–water partition coefficient (Wildman–Crippen LogP) is 6.87. The van der Waals surface area contributed by atoms with E-state index >= 15 is 0 Å². The summed E-state index contributed by atoms with van der Waals surface area (Å²) in [6.07, 6.45) is -1.77. The van der Waals surface area contributed by atoms with E-state index in [-0.39, 0.29) is 12.5 Å². The normalized spacial score (nSPS) is 11.5. The number of alkyl halides is 4. The van der Waals surface area contributed by atoms with Crippen LogP contribution in [0.1, 0.15) is 45.6 Å². The Hall–Kier alpha value is -4.21. The van der Waals surface area contributed by atoms with Gasteiger partial charge in [0.25, 0.3) is 0 Å². The van der Waals surface area contributed by atoms with Crippen molar-refractivity contribution in [2.45, 2.75) is 38.8 Å². The molecule has 0 saturated heterocycles. The average molecular weight is 542 g/mol. The standard InChI is InChI=1S/C29H27F4N3O3/c1-19-17-22(39-16-5-4-15-30)14-13-20(19)11-12-21-7-2-3-8-23(21)25-9-6-10-26(35-25)36-27(29(31,32)33)24(18-34-36)28(37)38/h2-3,6-10,13-14,17-18H,4-5,11-12,15-16H2,1H3,(H,37,38). The van der Waals surface area contributed by atoms with Gasteiger partial charge in [0.1, 0.15) is 11.3 Å². The lowest BCUT2D eigenvalue weighted by molar-refractivity contribution is -0.143. The molecule has 0 spiro atoms. The first-order valence-electron chi connectivity index (χ1n) is 12.4. The number of pyridine rings is 1. The third kappa shape index (κ3) is 6.63. The molecule has 4 aromatic rings. The molecule has 0 aliphatic carbocycles. The molecule has 0 saturated carbocycles. The fourth-order valence-corrected chi connectivity index (χ4v) is 4.33. The number of unbranched alkanes of at least 4 members (excludes halogenated alkanes) is 1. The van der Waals surface area contributed by atoms with Crippen molar-refractivity contribution in [3.8, 4) is 22.8 Å². The Labute approximate surface area is 222 Å². The van der Waals surface area contributed by atoms with Crippen molar-refractivity contribution in [2.24, 2.45) is 0 Å². The van der Waals surface area contributed by atoms with Crippen LogP contribution in [-0.4, -0.2) is 39.1 Å². The molecule has 4 rings (SSSR count). The molecule has 2 aromatic heterocycles. The Bertz CT molecular complexity index is 1450. The molecule has 39 heavy (non-hydrogen) atoms. The first-order chi connectivity index (χ1) is 18.7. The molecule has 0 unspecified atom stereocenters. The highest BCUT2D eigenvalue weighted by atomic mass is 19.4. The number of carboxylic acid groups (broad SMARTS) is 1. The zero-order chi connectivity index (χ0) is 28.0. The minimum absolute atomic E-state index is 0.139. The summed E-state index contributed by atoms with van der Waals surface area (Å²) in [5.41, 5.74) is 2.00. The van der Waals surface area contributed by atoms with Crippen LogP contribution >= 0.6 is 0 Å². The van der Waals surface area contributed by atoms with Gasteiger partial charge < -0.3 is 9.84 Å². The van der Waals surface area contributed by atoms with Gasteiger partial charge in [-0.2, -0.15) is 18.3 Å². The topological polar surface area (TPSA) is 77.2 Å². The third-order valence-corrected chi connectivity index (χ3v) is 6.29. The van der Waals surface area contributed by atoms with E-state index < -0.39 is 23.4 Å². The number of hydrogen-bond acceptors (Lipinski definition) is 4. The second-order valence-corrected chi connectivity index (χ2v) is 8.99. The molecule has 0 aliphatic heterocycles. The summed E-state index contributed by atoms with van der Waals surface area (Å²) in [5, 5.41) is 12.9. The minimum Gasteiger partial charge on any atom is -0.494 e. The van der Waals surface area contributed by atoms with Crippen molar-refractivity contribution in [1.82, 2.24) is 14.8 Å². The van der Waals surface area contributed by atoms with Crippen LogP contribution in [0.4, 0.5) is 17.6 Å². The van der Waals surface area contributed by atoms with Crippen molar-refractivity contribution in [2.75, 3.05) is 13.3 Å². The van der Waals surface area contributed by atoms with Gasteiger partial charge in [0.15, 0.2) is 11.5 Å². The molecule has 0 bridgehead atoms. The zero-order valence-electron chi connectivity index (χ0n) is 21.2. The molecule has 10 heteroatoms. The summed E-state index contributed by atoms with van der Waals surface area (Å²) < 4.78 is 59.6. The summed E-state index contributed by atoms with van der Waals surface area (Å²) in [6, 6.07) is 18.0. The Morgan fingerprint density at radius 3 is 2.49 bits per heavy atom. The van der Waals surface area contributed by atoms with Gasteiger partial charge in [-0.15, -0.1) is 0 Å². The van der Waals surface area contributed by atoms with Crippen LogP contribution in [0.15, 0.2) is 66.9 Å². The lowest BCUT2D eigenvalue weighted by Gasteiger charge is -2.14. The van der Waals surface area contributed by atoms with Gasteiger partial charge in [-0.1, -0.05) is 36.4 Å². The highest BCUT2D eigenvalue weighted by molar-refractivity contribution is 5.89. The lowest BCUT2D eigenvalue weighted by atomic mass is 9.96. The highest BCUT2D eigenvalue weighted by Crippen LogP contribution is 2.34. The number of carboxylic acids is 1. The fourth-order valence-electron chi connectivity index (χ4n) is 4.33. The van der Waals surface area contributed by atoms with Gasteiger partial charge in [-0.05, 0) is 73.6 Å². The van der Waals surface area contributed by atoms with E-state index in [2.05, 4.69) is 10.1 Å². The molecule has 2 aromatic carbocycles. The van der Waals surface area contributed by atoms with Crippen molar-refractivity contribution in [1.29, 1.82) is 0 Å². The second kappa shape index (κ2) is 12.1. The summed E-state index contributed by atoms with van der Waals surface area (Å²) in [7, 11) is 0. The van der Waals surface area contributed by atoms with E-state index in [4.69, 9.17) is 4.74 Å². The van der Waals surface area contributed by atoms with Crippen LogP contribution in [0.2, 0.25) is 0 Å². The number of aromatic carboxylic acids is 1. The lowest BCUT2D eigenvalue weighted by Crippen LogP contribution is -2.18. The van der Waals surface area contributed by atoms with Gasteiger partial charge >= 0.3 is 12.1 Å². The SMILES string of the molecule is Cc1cc(OCCCCF)ccc1CCc1ccccc1-c1cccc(-n2ncc(C(=O)O)c2C(F)(F)F)n1. The molecule has 0 aliphatic rings. The number of aromatic nitrogens is 3. The summed E-state index contributed by atoms with van der Waals surface area (Å²) in [5.74, 6) is -1.12. The Balaban J connectivity index is 1.57. The fraction of sp³-hybridized carbons (Fsp3) is 0.276. The quantitative estimate of drug-likeness (QED) is 0.166. The third-order valence-electron chi connectivity index (χ3n) is 6.29. The van der Waals surface area contributed by atoms with Gasteiger partial charge in [0, 0.05) is 5.56 Å². The summed E-state index contributed by atoms with van der Waals surface area (Å²) in [6.45, 7) is 2.10. The first-order valence-corrected chi connectivity index (χ1v) is 12.4. The Kier molecular flexibility index (Phi) is 8.63. The Morgan fingerprint density at radius 1 is 1.00 bits per heavy atom. The average Bonchev–Trinajstić information content (AvgIpc) is 3.38. The van der Waals surface area contributed by atoms with E-state index in [0.717, 1.165) is 28.0 Å². The number of halogens is 4. The minimum atomic E-state index is -4.94. The van der Waals surface area contributed by atoms with E-state index in [1.165, 1.54) is 6.07 Å². The molecule has 0 amide bonds. The van der Waals surface area contributed by atoms with E-state index in [1.54, 1.807) is 12.1 Å². The van der Waals surface area contributed by atoms with Crippen LogP contribution in [0, 0.1) is 6.92 Å². The predicted molar refractivity (Wildman–Crippen MR) is 138 cm³/mol. The van der Waals surface area contributed by atoms with Crippen LogP contribution in [0.5, 0.6) is 5.75 Å². The van der Waals surface area contributed by atoms with Crippen LogP contribution < -0.4 is 4.74 Å². The van der Waals surface area contributed by atoms with E-state index in [1.807, 2.05) is 49.4 Å². The van der Waals surface area contributed by atoms with Crippen molar-refractivity contribution < 1.29 is 32.2 Å². The molecule has 6 nitrogen and oxygen atoms in total. The number of rotatable bonds is 11. The Morgan fingerprint density at radius 2 is 1.77 bits per heavy atom. The smallest absolute Gasteiger partial charge is 0.434 e. The number of hydrogen-bond donors (Lipinski definition) is 1. The molecular formula is C29H27F4N3O3. The number of aryl methyl sites for hydroxylation is 3. The molecule has 2 heterocycles. The van der Waals surface area contributed by atoms with Gasteiger partial charge in [0.2, 0.25) is 0 Å². The molecule has 0 atom stereocenters. The maximum atomic E-state index is 13.7. The van der Waals surface area contributed by atoms with Crippen LogP contribution in [-0.2, 0) is 19.0 Å². The van der Waals surface area contributed by atoms with E-state index in [9.17, 15) is 27.5 Å². The molecule has 1 N–H and O–H groups in total. The molecule has 204 valence electrons. The highest BCUT2D eigenvalue weighted by Gasteiger charge is 2.41. The van der Waals surface area contributed by atoms with Crippen molar-refractivity contribution in [3.05, 3.63) is 94.8 Å². The number of nitrogens with zero attached hydrogens (tertiary/aromatic N) is 3. The van der Waals surface area contributed by atoms with Crippen molar-refractivity contribution >= 4 is 5.97 Å². The molecule has 0 fully saturated rings.